The Kier molecular flexibility index (Phi) is 3.31. The molecule has 0 radical (unpaired) electrons. The van der Waals surface area contributed by atoms with Crippen molar-refractivity contribution in [2.45, 2.75) is 6.54 Å². The van der Waals surface area contributed by atoms with Gasteiger partial charge in [0.25, 0.3) is 0 Å². The Hall–Kier alpha value is -3.20. The van der Waals surface area contributed by atoms with Crippen LogP contribution in [-0.2, 0) is 6.54 Å². The second-order valence-corrected chi connectivity index (χ2v) is 4.43. The van der Waals surface area contributed by atoms with Crippen LogP contribution in [0.3, 0.4) is 0 Å². The highest BCUT2D eigenvalue weighted by Crippen LogP contribution is 2.23. The summed E-state index contributed by atoms with van der Waals surface area (Å²) in [4.78, 5) is 8.68. The topological polar surface area (TPSA) is 93.4 Å². The molecule has 0 spiro atoms. The van der Waals surface area contributed by atoms with E-state index in [-0.39, 0.29) is 11.5 Å². The molecule has 2 heterocycles. The number of aromatic nitrogens is 4. The van der Waals surface area contributed by atoms with Crippen molar-refractivity contribution in [2.24, 2.45) is 0 Å². The molecule has 0 atom stereocenters. The highest BCUT2D eigenvalue weighted by atomic mass is 15.3. The summed E-state index contributed by atoms with van der Waals surface area (Å²) in [5.74, 6) is 0.139. The van der Waals surface area contributed by atoms with Crippen molar-refractivity contribution in [2.75, 3.05) is 5.73 Å². The molecule has 0 aliphatic rings. The average Bonchev–Trinajstić information content (AvgIpc) is 3.02. The monoisotopic (exact) mass is 276 g/mol. The third-order valence-corrected chi connectivity index (χ3v) is 3.02. The number of hydrogen-bond donors (Lipinski definition) is 1. The summed E-state index contributed by atoms with van der Waals surface area (Å²) >= 11 is 0. The number of anilines is 1. The molecule has 102 valence electrons. The Labute approximate surface area is 121 Å². The molecule has 0 fully saturated rings. The van der Waals surface area contributed by atoms with E-state index in [0.717, 1.165) is 5.56 Å². The predicted octanol–water partition coefficient (Wildman–Crippen LogP) is 1.84. The van der Waals surface area contributed by atoms with Crippen LogP contribution in [0.1, 0.15) is 11.4 Å². The van der Waals surface area contributed by atoms with Gasteiger partial charge in [0, 0.05) is 18.0 Å². The third kappa shape index (κ3) is 2.58. The van der Waals surface area contributed by atoms with Crippen molar-refractivity contribution in [1.82, 2.24) is 19.7 Å². The van der Waals surface area contributed by atoms with Crippen LogP contribution in [0.2, 0.25) is 0 Å². The lowest BCUT2D eigenvalue weighted by atomic mass is 10.1. The number of hydrogen-bond acceptors (Lipinski definition) is 5. The number of nitrogen functional groups attached to an aromatic ring is 1. The molecular formula is C15H12N6. The van der Waals surface area contributed by atoms with Crippen LogP contribution in [-0.4, -0.2) is 19.7 Å². The van der Waals surface area contributed by atoms with Gasteiger partial charge in [-0.3, -0.25) is 4.68 Å². The van der Waals surface area contributed by atoms with Crippen molar-refractivity contribution in [3.63, 3.8) is 0 Å². The number of benzene rings is 1. The van der Waals surface area contributed by atoms with Crippen LogP contribution in [0.5, 0.6) is 0 Å². The van der Waals surface area contributed by atoms with E-state index >= 15 is 0 Å². The zero-order valence-electron chi connectivity index (χ0n) is 11.1. The number of nitriles is 1. The summed E-state index contributed by atoms with van der Waals surface area (Å²) in [6.07, 6.45) is 3.52. The Balaban J connectivity index is 2.13. The van der Waals surface area contributed by atoms with Gasteiger partial charge in [-0.05, 0) is 6.07 Å². The molecule has 0 saturated carbocycles. The summed E-state index contributed by atoms with van der Waals surface area (Å²) in [6, 6.07) is 13.4. The van der Waals surface area contributed by atoms with Gasteiger partial charge >= 0.3 is 0 Å². The Morgan fingerprint density at radius 2 is 1.95 bits per heavy atom. The highest BCUT2D eigenvalue weighted by Gasteiger charge is 2.14. The summed E-state index contributed by atoms with van der Waals surface area (Å²) in [6.45, 7) is 0.430. The maximum Gasteiger partial charge on any atom is 0.183 e. The lowest BCUT2D eigenvalue weighted by molar-refractivity contribution is 0.671. The van der Waals surface area contributed by atoms with Crippen molar-refractivity contribution in [3.8, 4) is 17.3 Å². The minimum absolute atomic E-state index is 0.136. The van der Waals surface area contributed by atoms with Crippen LogP contribution in [0.4, 0.5) is 5.82 Å². The highest BCUT2D eigenvalue weighted by molar-refractivity contribution is 5.64. The van der Waals surface area contributed by atoms with E-state index in [9.17, 15) is 0 Å². The molecule has 0 aliphatic heterocycles. The fourth-order valence-electron chi connectivity index (χ4n) is 2.05. The molecule has 3 aromatic rings. The van der Waals surface area contributed by atoms with E-state index in [2.05, 4.69) is 15.1 Å². The zero-order chi connectivity index (χ0) is 14.7. The fraction of sp³-hybridized carbons (Fsp3) is 0.0667. The van der Waals surface area contributed by atoms with E-state index in [1.807, 2.05) is 48.7 Å². The molecule has 0 bridgehead atoms. The Morgan fingerprint density at radius 3 is 2.62 bits per heavy atom. The fourth-order valence-corrected chi connectivity index (χ4v) is 2.05. The van der Waals surface area contributed by atoms with Crippen molar-refractivity contribution >= 4 is 5.82 Å². The van der Waals surface area contributed by atoms with Crippen LogP contribution >= 0.6 is 0 Å². The smallest absolute Gasteiger partial charge is 0.183 e. The maximum atomic E-state index is 9.08. The van der Waals surface area contributed by atoms with Crippen LogP contribution < -0.4 is 5.73 Å². The first-order chi connectivity index (χ1) is 10.3. The lowest BCUT2D eigenvalue weighted by Crippen LogP contribution is -2.09. The molecular weight excluding hydrogens is 264 g/mol. The van der Waals surface area contributed by atoms with Gasteiger partial charge in [0.15, 0.2) is 11.5 Å². The first-order valence-corrected chi connectivity index (χ1v) is 6.37. The minimum Gasteiger partial charge on any atom is -0.381 e. The summed E-state index contributed by atoms with van der Waals surface area (Å²) in [5, 5.41) is 13.2. The first-order valence-electron chi connectivity index (χ1n) is 6.37. The van der Waals surface area contributed by atoms with E-state index in [4.69, 9.17) is 11.0 Å². The second kappa shape index (κ2) is 5.43. The molecule has 6 nitrogen and oxygen atoms in total. The Bertz CT molecular complexity index is 787. The van der Waals surface area contributed by atoms with Crippen molar-refractivity contribution in [3.05, 3.63) is 60.2 Å². The maximum absolute atomic E-state index is 9.08. The molecule has 1 aromatic carbocycles. The van der Waals surface area contributed by atoms with E-state index in [1.165, 1.54) is 0 Å². The van der Waals surface area contributed by atoms with Crippen LogP contribution in [0.25, 0.3) is 11.3 Å². The van der Waals surface area contributed by atoms with Gasteiger partial charge in [-0.15, -0.1) is 0 Å². The van der Waals surface area contributed by atoms with Gasteiger partial charge in [0.05, 0.1) is 17.9 Å². The van der Waals surface area contributed by atoms with Gasteiger partial charge in [0.1, 0.15) is 6.07 Å². The van der Waals surface area contributed by atoms with Crippen LogP contribution in [0.15, 0.2) is 48.8 Å². The number of rotatable bonds is 3. The van der Waals surface area contributed by atoms with Gasteiger partial charge in [0.2, 0.25) is 0 Å². The summed E-state index contributed by atoms with van der Waals surface area (Å²) in [7, 11) is 0. The van der Waals surface area contributed by atoms with Crippen LogP contribution in [0, 0.1) is 11.3 Å². The largest absolute Gasteiger partial charge is 0.381 e. The van der Waals surface area contributed by atoms with Gasteiger partial charge in [-0.25, -0.2) is 9.97 Å². The summed E-state index contributed by atoms with van der Waals surface area (Å²) < 4.78 is 1.73. The minimum atomic E-state index is 0.136. The normalized spacial score (nSPS) is 10.2. The van der Waals surface area contributed by atoms with E-state index in [1.54, 1.807) is 10.9 Å². The molecule has 6 heteroatoms. The molecule has 3 rings (SSSR count). The van der Waals surface area contributed by atoms with Gasteiger partial charge < -0.3 is 5.73 Å². The molecule has 0 aliphatic carbocycles. The average molecular weight is 276 g/mol. The predicted molar refractivity (Wildman–Crippen MR) is 77.9 cm³/mol. The Morgan fingerprint density at radius 1 is 1.14 bits per heavy atom. The van der Waals surface area contributed by atoms with Crippen molar-refractivity contribution < 1.29 is 0 Å². The molecule has 2 aromatic heterocycles. The number of nitrogens with two attached hydrogens (primary N) is 1. The molecule has 0 saturated heterocycles. The molecule has 0 unspecified atom stereocenters. The lowest BCUT2D eigenvalue weighted by Gasteiger charge is -2.10. The van der Waals surface area contributed by atoms with Gasteiger partial charge in [-0.1, -0.05) is 30.3 Å². The third-order valence-electron chi connectivity index (χ3n) is 3.02. The SMILES string of the molecule is N#Cc1nc(Cn2cccn2)c(-c2ccccc2)nc1N. The standard InChI is InChI=1S/C15H12N6/c16-9-12-15(17)20-14(11-5-2-1-3-6-11)13(19-12)10-21-8-4-7-18-21/h1-8H,10H2,(H2,17,20). The quantitative estimate of drug-likeness (QED) is 0.787. The zero-order valence-corrected chi connectivity index (χ0v) is 11.1. The molecule has 0 amide bonds. The first kappa shape index (κ1) is 12.8. The van der Waals surface area contributed by atoms with Gasteiger partial charge in [-0.2, -0.15) is 10.4 Å². The van der Waals surface area contributed by atoms with Crippen molar-refractivity contribution in [1.29, 1.82) is 5.26 Å². The molecule has 2 N–H and O–H groups in total. The molecule has 21 heavy (non-hydrogen) atoms. The summed E-state index contributed by atoms with van der Waals surface area (Å²) in [5.41, 5.74) is 8.17. The number of nitrogens with zero attached hydrogens (tertiary/aromatic N) is 5. The second-order valence-electron chi connectivity index (χ2n) is 4.43. The van der Waals surface area contributed by atoms with E-state index in [0.29, 0.717) is 17.9 Å². The van der Waals surface area contributed by atoms with E-state index < -0.39 is 0 Å².